The van der Waals surface area contributed by atoms with Gasteiger partial charge in [0.2, 0.25) is 0 Å². The van der Waals surface area contributed by atoms with Crippen LogP contribution in [0.2, 0.25) is 0 Å². The zero-order chi connectivity index (χ0) is 23.4. The van der Waals surface area contributed by atoms with Crippen LogP contribution in [0.1, 0.15) is 5.56 Å². The molecule has 33 heavy (non-hydrogen) atoms. The molecule has 9 heteroatoms. The number of ketones is 1. The molecule has 0 atom stereocenters. The summed E-state index contributed by atoms with van der Waals surface area (Å²) < 4.78 is 7.22. The molecule has 4 rings (SSSR count). The lowest BCUT2D eigenvalue weighted by Crippen LogP contribution is -2.16. The third kappa shape index (κ3) is 4.83. The van der Waals surface area contributed by atoms with Gasteiger partial charge in [-0.15, -0.1) is 10.2 Å². The summed E-state index contributed by atoms with van der Waals surface area (Å²) in [6, 6.07) is 18.0. The van der Waals surface area contributed by atoms with Gasteiger partial charge in [0.05, 0.1) is 24.6 Å². The standard InChI is InChI=1S/C24H23N5O2S2/c1-16-7-6-8-17(13-16)22-26-27-24(29(22)11-12-31-3)32-15-20(30)18(14-25)23-28(2)19-9-4-5-10-21(19)33-23/h4-10,13H,11-12,15H2,1-3H3/b23-18+. The maximum atomic E-state index is 13.1. The van der Waals surface area contributed by atoms with E-state index in [2.05, 4.69) is 22.3 Å². The number of anilines is 1. The number of methoxy groups -OCH3 is 1. The minimum Gasteiger partial charge on any atom is -0.383 e. The van der Waals surface area contributed by atoms with Gasteiger partial charge >= 0.3 is 0 Å². The molecule has 1 aliphatic heterocycles. The van der Waals surface area contributed by atoms with Gasteiger partial charge < -0.3 is 9.64 Å². The number of benzene rings is 2. The number of ether oxygens (including phenoxy) is 1. The number of para-hydroxylation sites is 1. The molecular weight excluding hydrogens is 454 g/mol. The van der Waals surface area contributed by atoms with E-state index in [4.69, 9.17) is 4.74 Å². The number of rotatable bonds is 8. The normalized spacial score (nSPS) is 14.2. The summed E-state index contributed by atoms with van der Waals surface area (Å²) in [4.78, 5) is 16.0. The Labute approximate surface area is 201 Å². The van der Waals surface area contributed by atoms with Gasteiger partial charge in [0, 0.05) is 24.6 Å². The number of fused-ring (bicyclic) bond motifs is 1. The minimum absolute atomic E-state index is 0.0933. The van der Waals surface area contributed by atoms with Crippen LogP contribution >= 0.6 is 23.5 Å². The number of nitriles is 1. The summed E-state index contributed by atoms with van der Waals surface area (Å²) in [6.07, 6.45) is 0. The Balaban J connectivity index is 1.56. The highest BCUT2D eigenvalue weighted by molar-refractivity contribution is 8.03. The molecule has 0 N–H and O–H groups in total. The predicted molar refractivity (Wildman–Crippen MR) is 131 cm³/mol. The Morgan fingerprint density at radius 1 is 1.21 bits per heavy atom. The van der Waals surface area contributed by atoms with E-state index >= 15 is 0 Å². The third-order valence-corrected chi connectivity index (χ3v) is 7.39. The fraction of sp³-hybridized carbons (Fsp3) is 0.250. The largest absolute Gasteiger partial charge is 0.383 e. The summed E-state index contributed by atoms with van der Waals surface area (Å²) in [5, 5.41) is 19.8. The van der Waals surface area contributed by atoms with Crippen LogP contribution in [0.4, 0.5) is 5.69 Å². The van der Waals surface area contributed by atoms with Crippen LogP contribution < -0.4 is 4.90 Å². The number of nitrogens with zero attached hydrogens (tertiary/aromatic N) is 5. The highest BCUT2D eigenvalue weighted by atomic mass is 32.2. The molecule has 1 aromatic heterocycles. The Bertz CT molecular complexity index is 1260. The van der Waals surface area contributed by atoms with E-state index in [0.717, 1.165) is 27.5 Å². The fourth-order valence-corrected chi connectivity index (χ4v) is 5.53. The fourth-order valence-electron chi connectivity index (χ4n) is 3.53. The molecule has 0 fully saturated rings. The number of carbonyl (C=O) groups is 1. The van der Waals surface area contributed by atoms with Crippen molar-refractivity contribution in [3.8, 4) is 17.5 Å². The van der Waals surface area contributed by atoms with Gasteiger partial charge in [0.1, 0.15) is 16.7 Å². The molecule has 0 radical (unpaired) electrons. The molecule has 0 amide bonds. The average Bonchev–Trinajstić information content (AvgIpc) is 3.38. The van der Waals surface area contributed by atoms with Gasteiger partial charge in [-0.3, -0.25) is 9.36 Å². The number of carbonyl (C=O) groups excluding carboxylic acids is 1. The van der Waals surface area contributed by atoms with E-state index in [9.17, 15) is 10.1 Å². The lowest BCUT2D eigenvalue weighted by molar-refractivity contribution is -0.112. The lowest BCUT2D eigenvalue weighted by Gasteiger charge is -2.14. The second-order valence-corrected chi connectivity index (χ2v) is 9.43. The molecule has 2 aromatic carbocycles. The Kier molecular flexibility index (Phi) is 7.18. The van der Waals surface area contributed by atoms with Crippen molar-refractivity contribution in [3.05, 3.63) is 64.7 Å². The summed E-state index contributed by atoms with van der Waals surface area (Å²) in [5.74, 6) is 0.588. The molecule has 0 bridgehead atoms. The summed E-state index contributed by atoms with van der Waals surface area (Å²) in [7, 11) is 3.52. The number of hydrogen-bond acceptors (Lipinski definition) is 8. The maximum Gasteiger partial charge on any atom is 0.192 e. The molecule has 0 unspecified atom stereocenters. The zero-order valence-electron chi connectivity index (χ0n) is 18.6. The van der Waals surface area contributed by atoms with Gasteiger partial charge in [-0.05, 0) is 25.1 Å². The highest BCUT2D eigenvalue weighted by Gasteiger charge is 2.28. The van der Waals surface area contributed by atoms with Crippen molar-refractivity contribution < 1.29 is 9.53 Å². The molecule has 0 saturated carbocycles. The van der Waals surface area contributed by atoms with Crippen molar-refractivity contribution >= 4 is 35.0 Å². The lowest BCUT2D eigenvalue weighted by atomic mass is 10.1. The molecule has 0 spiro atoms. The first-order chi connectivity index (χ1) is 16.0. The molecular formula is C24H23N5O2S2. The molecule has 0 aliphatic carbocycles. The maximum absolute atomic E-state index is 13.1. The van der Waals surface area contributed by atoms with Gasteiger partial charge in [-0.1, -0.05) is 59.4 Å². The van der Waals surface area contributed by atoms with Crippen LogP contribution in [0.3, 0.4) is 0 Å². The number of hydrogen-bond donors (Lipinski definition) is 0. The van der Waals surface area contributed by atoms with Gasteiger partial charge in [0.25, 0.3) is 0 Å². The molecule has 2 heterocycles. The van der Waals surface area contributed by atoms with Crippen molar-refractivity contribution in [1.29, 1.82) is 5.26 Å². The van der Waals surface area contributed by atoms with Crippen LogP contribution in [0.15, 0.2) is 69.2 Å². The topological polar surface area (TPSA) is 84.0 Å². The molecule has 1 aliphatic rings. The van der Waals surface area contributed by atoms with Crippen LogP contribution in [-0.2, 0) is 16.1 Å². The third-order valence-electron chi connectivity index (χ3n) is 5.19. The van der Waals surface area contributed by atoms with Crippen molar-refractivity contribution in [1.82, 2.24) is 14.8 Å². The second-order valence-electron chi connectivity index (χ2n) is 7.45. The summed E-state index contributed by atoms with van der Waals surface area (Å²) in [5.41, 5.74) is 3.24. The van der Waals surface area contributed by atoms with E-state index < -0.39 is 0 Å². The molecule has 3 aromatic rings. The Hall–Kier alpha value is -3.06. The monoisotopic (exact) mass is 477 g/mol. The second kappa shape index (κ2) is 10.3. The van der Waals surface area contributed by atoms with E-state index in [1.54, 1.807) is 7.11 Å². The molecule has 7 nitrogen and oxygen atoms in total. The number of aromatic nitrogens is 3. The van der Waals surface area contributed by atoms with Crippen LogP contribution in [0.5, 0.6) is 0 Å². The van der Waals surface area contributed by atoms with Crippen LogP contribution in [0.25, 0.3) is 11.4 Å². The SMILES string of the molecule is COCCn1c(SCC(=O)/C(C#N)=C2/Sc3ccccc3N2C)nnc1-c1cccc(C)c1. The number of Topliss-reactive ketones (excluding diaryl/α,β-unsaturated/α-hetero) is 1. The number of thioether (sulfide) groups is 2. The van der Waals surface area contributed by atoms with Crippen LogP contribution in [-0.4, -0.2) is 47.1 Å². The zero-order valence-corrected chi connectivity index (χ0v) is 20.2. The predicted octanol–water partition coefficient (Wildman–Crippen LogP) is 4.54. The van der Waals surface area contributed by atoms with E-state index in [-0.39, 0.29) is 17.1 Å². The van der Waals surface area contributed by atoms with Gasteiger partial charge in [-0.2, -0.15) is 5.26 Å². The highest BCUT2D eigenvalue weighted by Crippen LogP contribution is 2.46. The van der Waals surface area contributed by atoms with Gasteiger partial charge in [0.15, 0.2) is 16.8 Å². The van der Waals surface area contributed by atoms with E-state index in [1.165, 1.54) is 23.5 Å². The Morgan fingerprint density at radius 3 is 2.76 bits per heavy atom. The van der Waals surface area contributed by atoms with E-state index in [1.807, 2.05) is 65.9 Å². The average molecular weight is 478 g/mol. The van der Waals surface area contributed by atoms with Crippen molar-refractivity contribution in [2.75, 3.05) is 31.4 Å². The van der Waals surface area contributed by atoms with Gasteiger partial charge in [-0.25, -0.2) is 0 Å². The first-order valence-corrected chi connectivity index (χ1v) is 12.1. The quantitative estimate of drug-likeness (QED) is 0.266. The van der Waals surface area contributed by atoms with Crippen LogP contribution in [0, 0.1) is 18.3 Å². The minimum atomic E-state index is -0.233. The first-order valence-electron chi connectivity index (χ1n) is 10.3. The number of aryl methyl sites for hydroxylation is 1. The van der Waals surface area contributed by atoms with Crippen molar-refractivity contribution in [3.63, 3.8) is 0 Å². The Morgan fingerprint density at radius 2 is 2.03 bits per heavy atom. The van der Waals surface area contributed by atoms with Crippen molar-refractivity contribution in [2.45, 2.75) is 23.5 Å². The smallest absolute Gasteiger partial charge is 0.192 e. The summed E-state index contributed by atoms with van der Waals surface area (Å²) >= 11 is 2.73. The summed E-state index contributed by atoms with van der Waals surface area (Å²) in [6.45, 7) is 3.08. The van der Waals surface area contributed by atoms with Crippen molar-refractivity contribution in [2.24, 2.45) is 0 Å². The number of allylic oxidation sites excluding steroid dienone is 1. The molecule has 168 valence electrons. The first kappa shape index (κ1) is 23.1. The van der Waals surface area contributed by atoms with E-state index in [0.29, 0.717) is 23.3 Å². The molecule has 0 saturated heterocycles.